The van der Waals surface area contributed by atoms with E-state index >= 15 is 0 Å². The lowest BCUT2D eigenvalue weighted by molar-refractivity contribution is -0.180. The SMILES string of the molecule is CC.COC(=O)C(C)NC1CCC2(CC1)OCCO2. The van der Waals surface area contributed by atoms with Crippen LogP contribution in [0.3, 0.4) is 0 Å². The fourth-order valence-electron chi connectivity index (χ4n) is 2.61. The van der Waals surface area contributed by atoms with Crippen LogP contribution in [0.4, 0.5) is 0 Å². The van der Waals surface area contributed by atoms with E-state index in [0.717, 1.165) is 25.7 Å². The van der Waals surface area contributed by atoms with Crippen molar-refractivity contribution in [2.75, 3.05) is 20.3 Å². The molecule has 19 heavy (non-hydrogen) atoms. The minimum atomic E-state index is -0.327. The molecule has 0 amide bonds. The topological polar surface area (TPSA) is 56.8 Å². The summed E-state index contributed by atoms with van der Waals surface area (Å²) < 4.78 is 16.0. The van der Waals surface area contributed by atoms with E-state index in [4.69, 9.17) is 14.2 Å². The molecule has 0 bridgehead atoms. The number of hydrogen-bond acceptors (Lipinski definition) is 5. The number of rotatable bonds is 3. The van der Waals surface area contributed by atoms with Gasteiger partial charge in [0.25, 0.3) is 0 Å². The summed E-state index contributed by atoms with van der Waals surface area (Å²) in [5.74, 6) is -0.536. The van der Waals surface area contributed by atoms with Gasteiger partial charge in [-0.25, -0.2) is 0 Å². The van der Waals surface area contributed by atoms with Crippen molar-refractivity contribution in [1.29, 1.82) is 0 Å². The molecule has 2 aliphatic rings. The van der Waals surface area contributed by atoms with Crippen LogP contribution in [0, 0.1) is 0 Å². The molecule has 0 aromatic rings. The van der Waals surface area contributed by atoms with Crippen LogP contribution < -0.4 is 5.32 Å². The maximum Gasteiger partial charge on any atom is 0.322 e. The molecule has 0 aromatic carbocycles. The summed E-state index contributed by atoms with van der Waals surface area (Å²) in [7, 11) is 1.41. The number of methoxy groups -OCH3 is 1. The Kier molecular flexibility index (Phi) is 6.75. The standard InChI is InChI=1S/C12H21NO4.C2H6/c1-9(11(14)15-2)13-10-3-5-12(6-4-10)16-7-8-17-12;1-2/h9-10,13H,3-8H2,1-2H3;1-2H3. The summed E-state index contributed by atoms with van der Waals surface area (Å²) in [6.45, 7) is 7.24. The number of esters is 1. The Morgan fingerprint density at radius 3 is 2.26 bits per heavy atom. The highest BCUT2D eigenvalue weighted by Crippen LogP contribution is 2.35. The van der Waals surface area contributed by atoms with Crippen molar-refractivity contribution in [3.05, 3.63) is 0 Å². The van der Waals surface area contributed by atoms with E-state index in [2.05, 4.69) is 5.32 Å². The quantitative estimate of drug-likeness (QED) is 0.795. The Labute approximate surface area is 116 Å². The highest BCUT2D eigenvalue weighted by Gasteiger charge is 2.40. The molecule has 1 aliphatic heterocycles. The molecule has 1 unspecified atom stereocenters. The van der Waals surface area contributed by atoms with Gasteiger partial charge in [0.1, 0.15) is 6.04 Å². The largest absolute Gasteiger partial charge is 0.468 e. The van der Waals surface area contributed by atoms with Gasteiger partial charge in [0.2, 0.25) is 0 Å². The van der Waals surface area contributed by atoms with Crippen LogP contribution in [-0.4, -0.2) is 44.2 Å². The maximum absolute atomic E-state index is 11.3. The monoisotopic (exact) mass is 273 g/mol. The van der Waals surface area contributed by atoms with E-state index in [-0.39, 0.29) is 17.8 Å². The summed E-state index contributed by atoms with van der Waals surface area (Å²) in [5, 5.41) is 3.29. The Morgan fingerprint density at radius 1 is 1.26 bits per heavy atom. The van der Waals surface area contributed by atoms with Gasteiger partial charge >= 0.3 is 5.97 Å². The van der Waals surface area contributed by atoms with Crippen LogP contribution >= 0.6 is 0 Å². The minimum Gasteiger partial charge on any atom is -0.468 e. The Balaban J connectivity index is 0.000000861. The Bertz CT molecular complexity index is 267. The van der Waals surface area contributed by atoms with Crippen LogP contribution in [0.5, 0.6) is 0 Å². The molecule has 2 rings (SSSR count). The number of hydrogen-bond donors (Lipinski definition) is 1. The van der Waals surface area contributed by atoms with Crippen molar-refractivity contribution in [3.63, 3.8) is 0 Å². The molecule has 0 aromatic heterocycles. The summed E-state index contributed by atoms with van der Waals surface area (Å²) in [6, 6.07) is 0.104. The summed E-state index contributed by atoms with van der Waals surface area (Å²) in [6.07, 6.45) is 3.75. The van der Waals surface area contributed by atoms with Gasteiger partial charge in [-0.05, 0) is 19.8 Å². The molecule has 5 heteroatoms. The Morgan fingerprint density at radius 2 is 1.79 bits per heavy atom. The second-order valence-corrected chi connectivity index (χ2v) is 4.79. The van der Waals surface area contributed by atoms with E-state index in [1.165, 1.54) is 7.11 Å². The van der Waals surface area contributed by atoms with Crippen molar-refractivity contribution in [2.45, 2.75) is 64.3 Å². The van der Waals surface area contributed by atoms with Gasteiger partial charge in [-0.15, -0.1) is 0 Å². The van der Waals surface area contributed by atoms with Crippen molar-refractivity contribution < 1.29 is 19.0 Å². The zero-order valence-corrected chi connectivity index (χ0v) is 12.5. The van der Waals surface area contributed by atoms with Gasteiger partial charge < -0.3 is 19.5 Å². The lowest BCUT2D eigenvalue weighted by atomic mass is 9.89. The molecule has 1 saturated carbocycles. The van der Waals surface area contributed by atoms with Gasteiger partial charge in [0, 0.05) is 18.9 Å². The van der Waals surface area contributed by atoms with Crippen molar-refractivity contribution >= 4 is 5.97 Å². The summed E-state index contributed by atoms with van der Waals surface area (Å²) in [4.78, 5) is 11.3. The van der Waals surface area contributed by atoms with Gasteiger partial charge in [0.05, 0.1) is 20.3 Å². The van der Waals surface area contributed by atoms with Gasteiger partial charge in [-0.3, -0.25) is 4.79 Å². The molecule has 1 N–H and O–H groups in total. The molecule has 112 valence electrons. The first kappa shape index (κ1) is 16.4. The molecule has 0 radical (unpaired) electrons. The van der Waals surface area contributed by atoms with Crippen molar-refractivity contribution in [1.82, 2.24) is 5.32 Å². The molecule has 1 heterocycles. The second-order valence-electron chi connectivity index (χ2n) is 4.79. The van der Waals surface area contributed by atoms with Crippen molar-refractivity contribution in [2.24, 2.45) is 0 Å². The normalized spacial score (nSPS) is 23.6. The summed E-state index contributed by atoms with van der Waals surface area (Å²) >= 11 is 0. The smallest absolute Gasteiger partial charge is 0.322 e. The maximum atomic E-state index is 11.3. The molecule has 2 fully saturated rings. The number of carbonyl (C=O) groups is 1. The van der Waals surface area contributed by atoms with E-state index in [1.54, 1.807) is 0 Å². The van der Waals surface area contributed by atoms with Gasteiger partial charge in [-0.2, -0.15) is 0 Å². The molecule has 1 saturated heterocycles. The molecule has 1 spiro atoms. The van der Waals surface area contributed by atoms with Crippen molar-refractivity contribution in [3.8, 4) is 0 Å². The highest BCUT2D eigenvalue weighted by molar-refractivity contribution is 5.75. The van der Waals surface area contributed by atoms with Crippen LogP contribution in [0.2, 0.25) is 0 Å². The minimum absolute atomic E-state index is 0.210. The third-order valence-corrected chi connectivity index (χ3v) is 3.60. The summed E-state index contributed by atoms with van der Waals surface area (Å²) in [5.41, 5.74) is 0. The Hall–Kier alpha value is -0.650. The predicted molar refractivity (Wildman–Crippen MR) is 72.9 cm³/mol. The van der Waals surface area contributed by atoms with E-state index in [0.29, 0.717) is 19.3 Å². The number of ether oxygens (including phenoxy) is 3. The predicted octanol–water partition coefficient (Wildman–Crippen LogP) is 1.85. The van der Waals surface area contributed by atoms with Crippen LogP contribution in [0.1, 0.15) is 46.5 Å². The molecule has 5 nitrogen and oxygen atoms in total. The first-order chi connectivity index (χ1) is 9.15. The molecule has 1 aliphatic carbocycles. The number of carbonyl (C=O) groups excluding carboxylic acids is 1. The number of nitrogens with one attached hydrogen (secondary N) is 1. The fraction of sp³-hybridized carbons (Fsp3) is 0.929. The molecular formula is C14H27NO4. The van der Waals surface area contributed by atoms with Crippen LogP contribution in [0.25, 0.3) is 0 Å². The molecular weight excluding hydrogens is 246 g/mol. The highest BCUT2D eigenvalue weighted by atomic mass is 16.7. The fourth-order valence-corrected chi connectivity index (χ4v) is 2.61. The van der Waals surface area contributed by atoms with Gasteiger partial charge in [0.15, 0.2) is 5.79 Å². The average molecular weight is 273 g/mol. The van der Waals surface area contributed by atoms with Crippen LogP contribution in [0.15, 0.2) is 0 Å². The van der Waals surface area contributed by atoms with E-state index in [9.17, 15) is 4.79 Å². The first-order valence-electron chi connectivity index (χ1n) is 7.27. The zero-order valence-electron chi connectivity index (χ0n) is 12.5. The average Bonchev–Trinajstić information content (AvgIpc) is 2.91. The lowest BCUT2D eigenvalue weighted by Crippen LogP contribution is -2.47. The third kappa shape index (κ3) is 4.44. The van der Waals surface area contributed by atoms with Gasteiger partial charge in [-0.1, -0.05) is 13.8 Å². The van der Waals surface area contributed by atoms with Crippen LogP contribution in [-0.2, 0) is 19.0 Å². The second kappa shape index (κ2) is 7.82. The first-order valence-corrected chi connectivity index (χ1v) is 7.27. The lowest BCUT2D eigenvalue weighted by Gasteiger charge is -2.36. The van der Waals surface area contributed by atoms with E-state index < -0.39 is 0 Å². The zero-order chi connectivity index (χ0) is 14.3. The molecule has 1 atom stereocenters. The third-order valence-electron chi connectivity index (χ3n) is 3.60. The van der Waals surface area contributed by atoms with E-state index in [1.807, 2.05) is 20.8 Å².